The molecule has 0 aliphatic heterocycles. The van der Waals surface area contributed by atoms with Gasteiger partial charge in [-0.25, -0.2) is 4.39 Å². The van der Waals surface area contributed by atoms with Gasteiger partial charge in [0.2, 0.25) is 0 Å². The van der Waals surface area contributed by atoms with E-state index in [0.29, 0.717) is 6.42 Å². The van der Waals surface area contributed by atoms with Gasteiger partial charge in [-0.2, -0.15) is 0 Å². The van der Waals surface area contributed by atoms with Crippen LogP contribution in [0.2, 0.25) is 5.02 Å². The molecule has 0 saturated heterocycles. The summed E-state index contributed by atoms with van der Waals surface area (Å²) in [7, 11) is 0. The molecule has 2 aromatic carbocycles. The van der Waals surface area contributed by atoms with Gasteiger partial charge in [-0.1, -0.05) is 68.8 Å². The summed E-state index contributed by atoms with van der Waals surface area (Å²) in [5.74, 6) is -0.352. The smallest absolute Gasteiger partial charge is 0.142 e. The van der Waals surface area contributed by atoms with Crippen molar-refractivity contribution in [1.29, 1.82) is 0 Å². The number of rotatable bonds is 3. The molecule has 0 spiro atoms. The first-order chi connectivity index (χ1) is 9.20. The highest BCUT2D eigenvalue weighted by Crippen LogP contribution is 2.22. The van der Waals surface area contributed by atoms with Crippen LogP contribution >= 0.6 is 11.6 Å². The molecule has 0 aliphatic carbocycles. The first kappa shape index (κ1) is 15.7. The van der Waals surface area contributed by atoms with Crippen molar-refractivity contribution in [2.24, 2.45) is 0 Å². The lowest BCUT2D eigenvalue weighted by Gasteiger charge is -2.06. The van der Waals surface area contributed by atoms with Crippen molar-refractivity contribution in [3.8, 4) is 0 Å². The van der Waals surface area contributed by atoms with Crippen LogP contribution in [0.5, 0.6) is 0 Å². The van der Waals surface area contributed by atoms with Crippen molar-refractivity contribution < 1.29 is 4.39 Å². The van der Waals surface area contributed by atoms with Gasteiger partial charge < -0.3 is 0 Å². The molecule has 19 heavy (non-hydrogen) atoms. The Morgan fingerprint density at radius 3 is 2.11 bits per heavy atom. The number of benzene rings is 2. The number of hydrogen-bond acceptors (Lipinski definition) is 0. The zero-order chi connectivity index (χ0) is 14.3. The predicted octanol–water partition coefficient (Wildman–Crippen LogP) is 5.66. The molecule has 0 aliphatic rings. The minimum absolute atomic E-state index is 0.229. The molecule has 0 nitrogen and oxygen atoms in total. The lowest BCUT2D eigenvalue weighted by molar-refractivity contribution is 0.626. The van der Waals surface area contributed by atoms with Crippen molar-refractivity contribution >= 4 is 11.6 Å². The van der Waals surface area contributed by atoms with Crippen molar-refractivity contribution in [2.75, 3.05) is 0 Å². The largest absolute Gasteiger partial charge is 0.205 e. The second-order valence-electron chi connectivity index (χ2n) is 4.06. The molecule has 0 unspecified atom stereocenters. The molecule has 2 aromatic rings. The monoisotopic (exact) mass is 278 g/mol. The fourth-order valence-corrected chi connectivity index (χ4v) is 1.99. The van der Waals surface area contributed by atoms with E-state index < -0.39 is 0 Å². The third-order valence-corrected chi connectivity index (χ3v) is 3.28. The summed E-state index contributed by atoms with van der Waals surface area (Å²) in [5, 5.41) is 0.229. The lowest BCUT2D eigenvalue weighted by atomic mass is 10.0. The zero-order valence-corrected chi connectivity index (χ0v) is 12.5. The average Bonchev–Trinajstić information content (AvgIpc) is 2.47. The number of halogens is 2. The highest BCUT2D eigenvalue weighted by Gasteiger charge is 2.06. The summed E-state index contributed by atoms with van der Waals surface area (Å²) >= 11 is 5.93. The first-order valence-corrected chi connectivity index (χ1v) is 7.09. The summed E-state index contributed by atoms with van der Waals surface area (Å²) in [6, 6.07) is 13.3. The summed E-state index contributed by atoms with van der Waals surface area (Å²) in [6.07, 6.45) is 1.70. The number of aryl methyl sites for hydroxylation is 1. The van der Waals surface area contributed by atoms with Crippen molar-refractivity contribution in [3.05, 3.63) is 70.0 Å². The first-order valence-electron chi connectivity index (χ1n) is 6.71. The highest BCUT2D eigenvalue weighted by molar-refractivity contribution is 6.31. The van der Waals surface area contributed by atoms with Gasteiger partial charge in [0.05, 0.1) is 5.02 Å². The van der Waals surface area contributed by atoms with Gasteiger partial charge in [-0.3, -0.25) is 0 Å². The van der Waals surface area contributed by atoms with Crippen molar-refractivity contribution in [3.63, 3.8) is 0 Å². The standard InChI is InChI=1S/C15H14ClF.C2H6/c1-2-11-6-8-12(9-7-11)10-13-4-3-5-14(17)15(13)16;1-2/h3-9H,2,10H2,1H3;1-2H3. The zero-order valence-electron chi connectivity index (χ0n) is 11.7. The van der Waals surface area contributed by atoms with Crippen molar-refractivity contribution in [1.82, 2.24) is 0 Å². The molecule has 0 fully saturated rings. The quantitative estimate of drug-likeness (QED) is 0.680. The molecule has 2 heteroatoms. The van der Waals surface area contributed by atoms with E-state index in [0.717, 1.165) is 17.5 Å². The summed E-state index contributed by atoms with van der Waals surface area (Å²) in [4.78, 5) is 0. The van der Waals surface area contributed by atoms with Crippen LogP contribution in [0, 0.1) is 5.82 Å². The molecular weight excluding hydrogens is 259 g/mol. The molecule has 0 heterocycles. The topological polar surface area (TPSA) is 0 Å². The number of hydrogen-bond donors (Lipinski definition) is 0. The Hall–Kier alpha value is -1.34. The van der Waals surface area contributed by atoms with E-state index in [-0.39, 0.29) is 10.8 Å². The van der Waals surface area contributed by atoms with Gasteiger partial charge in [0, 0.05) is 0 Å². The van der Waals surface area contributed by atoms with Crippen LogP contribution in [0.1, 0.15) is 37.5 Å². The van der Waals surface area contributed by atoms with E-state index in [1.54, 1.807) is 6.07 Å². The molecule has 2 rings (SSSR count). The van der Waals surface area contributed by atoms with Crippen LogP contribution in [-0.4, -0.2) is 0 Å². The van der Waals surface area contributed by atoms with Gasteiger partial charge >= 0.3 is 0 Å². The lowest BCUT2D eigenvalue weighted by Crippen LogP contribution is -1.92. The van der Waals surface area contributed by atoms with Crippen LogP contribution in [0.3, 0.4) is 0 Å². The molecule has 0 atom stereocenters. The van der Waals surface area contributed by atoms with E-state index in [9.17, 15) is 4.39 Å². The molecule has 0 radical (unpaired) electrons. The maximum atomic E-state index is 13.3. The molecule has 0 N–H and O–H groups in total. The van der Waals surface area contributed by atoms with Gasteiger partial charge in [0.25, 0.3) is 0 Å². The van der Waals surface area contributed by atoms with E-state index in [4.69, 9.17) is 11.6 Å². The fourth-order valence-electron chi connectivity index (χ4n) is 1.80. The SMILES string of the molecule is CC.CCc1ccc(Cc2cccc(F)c2Cl)cc1. The van der Waals surface area contributed by atoms with E-state index in [1.807, 2.05) is 19.9 Å². The second kappa shape index (κ2) is 7.96. The molecule has 0 amide bonds. The Labute approximate surface area is 120 Å². The van der Waals surface area contributed by atoms with Gasteiger partial charge in [-0.05, 0) is 35.6 Å². The van der Waals surface area contributed by atoms with E-state index in [1.165, 1.54) is 11.6 Å². The molecule has 102 valence electrons. The van der Waals surface area contributed by atoms with Gasteiger partial charge in [-0.15, -0.1) is 0 Å². The van der Waals surface area contributed by atoms with Crippen LogP contribution in [0.25, 0.3) is 0 Å². The minimum Gasteiger partial charge on any atom is -0.205 e. The second-order valence-corrected chi connectivity index (χ2v) is 4.44. The fraction of sp³-hybridized carbons (Fsp3) is 0.294. The summed E-state index contributed by atoms with van der Waals surface area (Å²) < 4.78 is 13.3. The normalized spacial score (nSPS) is 9.74. The predicted molar refractivity (Wildman–Crippen MR) is 81.4 cm³/mol. The van der Waals surface area contributed by atoms with Crippen LogP contribution in [-0.2, 0) is 12.8 Å². The third-order valence-electron chi connectivity index (χ3n) is 2.86. The van der Waals surface area contributed by atoms with Gasteiger partial charge in [0.15, 0.2) is 0 Å². The highest BCUT2D eigenvalue weighted by atomic mass is 35.5. The van der Waals surface area contributed by atoms with E-state index in [2.05, 4.69) is 31.2 Å². The Bertz CT molecular complexity index is 503. The third kappa shape index (κ3) is 4.36. The summed E-state index contributed by atoms with van der Waals surface area (Å²) in [6.45, 7) is 6.12. The minimum atomic E-state index is -0.352. The molecule has 0 saturated carbocycles. The van der Waals surface area contributed by atoms with Crippen LogP contribution < -0.4 is 0 Å². The Balaban J connectivity index is 0.000000861. The van der Waals surface area contributed by atoms with Gasteiger partial charge in [0.1, 0.15) is 5.82 Å². The Kier molecular flexibility index (Phi) is 6.58. The maximum Gasteiger partial charge on any atom is 0.142 e. The maximum absolute atomic E-state index is 13.3. The van der Waals surface area contributed by atoms with Crippen LogP contribution in [0.15, 0.2) is 42.5 Å². The Morgan fingerprint density at radius 1 is 0.947 bits per heavy atom. The Morgan fingerprint density at radius 2 is 1.53 bits per heavy atom. The average molecular weight is 279 g/mol. The van der Waals surface area contributed by atoms with Crippen molar-refractivity contribution in [2.45, 2.75) is 33.6 Å². The summed E-state index contributed by atoms with van der Waals surface area (Å²) in [5.41, 5.74) is 3.28. The van der Waals surface area contributed by atoms with E-state index >= 15 is 0 Å². The van der Waals surface area contributed by atoms with Crippen LogP contribution in [0.4, 0.5) is 4.39 Å². The molecule has 0 aromatic heterocycles. The molecule has 0 bridgehead atoms. The molecular formula is C17H20ClF.